The number of esters is 1. The van der Waals surface area contributed by atoms with Crippen LogP contribution in [0.15, 0.2) is 12.7 Å². The van der Waals surface area contributed by atoms with E-state index in [1.807, 2.05) is 13.0 Å². The molecule has 0 aliphatic carbocycles. The summed E-state index contributed by atoms with van der Waals surface area (Å²) >= 11 is 0. The first-order valence-corrected chi connectivity index (χ1v) is 15.9. The molecule has 0 amide bonds. The van der Waals surface area contributed by atoms with Crippen LogP contribution in [-0.4, -0.2) is 41.4 Å². The Morgan fingerprint density at radius 2 is 1.41 bits per heavy atom. The molecule has 0 saturated heterocycles. The van der Waals surface area contributed by atoms with Gasteiger partial charge < -0.3 is 13.6 Å². The first kappa shape index (κ1) is 26.6. The zero-order valence-electron chi connectivity index (χ0n) is 19.7. The smallest absolute Gasteiger partial charge is 0.308 e. The molecule has 0 radical (unpaired) electrons. The number of rotatable bonds is 10. The zero-order valence-corrected chi connectivity index (χ0v) is 21.7. The van der Waals surface area contributed by atoms with Gasteiger partial charge in [0.2, 0.25) is 0 Å². The van der Waals surface area contributed by atoms with Crippen molar-refractivity contribution >= 4 is 22.6 Å². The van der Waals surface area contributed by atoms with Crippen LogP contribution in [0.4, 0.5) is 0 Å². The Kier molecular flexibility index (Phi) is 9.69. The van der Waals surface area contributed by atoms with E-state index in [0.29, 0.717) is 13.0 Å². The second-order valence-corrected chi connectivity index (χ2v) is 19.9. The number of carbonyl (C=O) groups excluding carboxylic acids is 1. The van der Waals surface area contributed by atoms with Gasteiger partial charge in [-0.2, -0.15) is 0 Å². The molecular formula is C21H44O4Si2. The molecular weight excluding hydrogens is 372 g/mol. The second-order valence-electron chi connectivity index (χ2n) is 10.4. The highest BCUT2D eigenvalue weighted by atomic mass is 28.4. The fourth-order valence-electron chi connectivity index (χ4n) is 2.18. The van der Waals surface area contributed by atoms with Gasteiger partial charge in [0, 0.05) is 6.42 Å². The Hall–Kier alpha value is -0.436. The third-order valence-electron chi connectivity index (χ3n) is 5.98. The summed E-state index contributed by atoms with van der Waals surface area (Å²) in [6, 6.07) is 0. The average molecular weight is 417 g/mol. The summed E-state index contributed by atoms with van der Waals surface area (Å²) in [5.41, 5.74) is 0. The molecule has 0 heterocycles. The molecule has 160 valence electrons. The molecule has 2 atom stereocenters. The summed E-state index contributed by atoms with van der Waals surface area (Å²) in [6.45, 7) is 28.4. The van der Waals surface area contributed by atoms with Gasteiger partial charge in [0.05, 0.1) is 25.2 Å². The molecule has 0 aliphatic heterocycles. The maximum atomic E-state index is 12.2. The molecule has 0 aromatic carbocycles. The van der Waals surface area contributed by atoms with Crippen LogP contribution in [0.25, 0.3) is 0 Å². The fraction of sp³-hybridized carbons (Fsp3) is 0.857. The molecule has 4 nitrogen and oxygen atoms in total. The third-order valence-corrected chi connectivity index (χ3v) is 15.0. The fourth-order valence-corrected chi connectivity index (χ4v) is 4.85. The maximum absolute atomic E-state index is 12.2. The lowest BCUT2D eigenvalue weighted by atomic mass is 10.1. The molecule has 27 heavy (non-hydrogen) atoms. The number of hydrogen-bond acceptors (Lipinski definition) is 4. The van der Waals surface area contributed by atoms with Crippen molar-refractivity contribution in [2.24, 2.45) is 0 Å². The van der Waals surface area contributed by atoms with Crippen LogP contribution >= 0.6 is 0 Å². The molecule has 0 N–H and O–H groups in total. The zero-order chi connectivity index (χ0) is 21.7. The third kappa shape index (κ3) is 8.63. The summed E-state index contributed by atoms with van der Waals surface area (Å²) in [6.07, 6.45) is 2.38. The predicted molar refractivity (Wildman–Crippen MR) is 120 cm³/mol. The van der Waals surface area contributed by atoms with Crippen molar-refractivity contribution in [3.63, 3.8) is 0 Å². The van der Waals surface area contributed by atoms with Gasteiger partial charge in [0.15, 0.2) is 16.6 Å². The van der Waals surface area contributed by atoms with Crippen molar-refractivity contribution in [2.45, 2.75) is 110 Å². The van der Waals surface area contributed by atoms with Crippen molar-refractivity contribution in [3.05, 3.63) is 12.7 Å². The van der Waals surface area contributed by atoms with Crippen LogP contribution in [0.1, 0.15) is 61.3 Å². The van der Waals surface area contributed by atoms with Gasteiger partial charge in [0.25, 0.3) is 0 Å². The molecule has 0 bridgehead atoms. The first-order valence-electron chi connectivity index (χ1n) is 10.1. The SMILES string of the molecule is C=C[C@H](C[C@@H](CC(=O)OCC)O[Si](C)(C)C(C)(C)C)O[Si](C)(C)C(C)(C)C. The maximum Gasteiger partial charge on any atom is 0.308 e. The Labute approximate surface area is 170 Å². The highest BCUT2D eigenvalue weighted by molar-refractivity contribution is 6.74. The minimum atomic E-state index is -2.02. The molecule has 0 unspecified atom stereocenters. The predicted octanol–water partition coefficient (Wildman–Crippen LogP) is 6.30. The Morgan fingerprint density at radius 3 is 1.78 bits per heavy atom. The summed E-state index contributed by atoms with van der Waals surface area (Å²) < 4.78 is 18.3. The van der Waals surface area contributed by atoms with Crippen LogP contribution in [0.2, 0.25) is 36.3 Å². The molecule has 0 saturated carbocycles. The van der Waals surface area contributed by atoms with Crippen molar-refractivity contribution in [1.29, 1.82) is 0 Å². The monoisotopic (exact) mass is 416 g/mol. The first-order chi connectivity index (χ1) is 12.0. The Morgan fingerprint density at radius 1 is 0.963 bits per heavy atom. The molecule has 0 fully saturated rings. The van der Waals surface area contributed by atoms with E-state index in [9.17, 15) is 4.79 Å². The van der Waals surface area contributed by atoms with Gasteiger partial charge in [0.1, 0.15) is 0 Å². The minimum absolute atomic E-state index is 0.0733. The van der Waals surface area contributed by atoms with Gasteiger partial charge in [-0.15, -0.1) is 6.58 Å². The van der Waals surface area contributed by atoms with Gasteiger partial charge in [-0.05, 0) is 43.2 Å². The second kappa shape index (κ2) is 9.85. The van der Waals surface area contributed by atoms with Gasteiger partial charge in [-0.1, -0.05) is 47.6 Å². The van der Waals surface area contributed by atoms with E-state index in [1.165, 1.54) is 0 Å². The Balaban J connectivity index is 5.42. The molecule has 0 aliphatic rings. The summed E-state index contributed by atoms with van der Waals surface area (Å²) in [5.74, 6) is -0.212. The van der Waals surface area contributed by atoms with E-state index < -0.39 is 16.6 Å². The van der Waals surface area contributed by atoms with Crippen molar-refractivity contribution in [1.82, 2.24) is 0 Å². The number of carbonyl (C=O) groups is 1. The van der Waals surface area contributed by atoms with E-state index in [1.54, 1.807) is 0 Å². The standard InChI is InChI=1S/C21H44O4Si2/c1-13-17(24-26(9,10)20(3,4)5)15-18(16-19(22)23-14-2)25-27(11,12)21(6,7)8/h13,17-18H,1,14-16H2,2-12H3/t17-,18+/m1/s1. The highest BCUT2D eigenvalue weighted by Crippen LogP contribution is 2.40. The van der Waals surface area contributed by atoms with E-state index >= 15 is 0 Å². The largest absolute Gasteiger partial charge is 0.466 e. The lowest BCUT2D eigenvalue weighted by Gasteiger charge is -2.42. The van der Waals surface area contributed by atoms with E-state index in [-0.39, 0.29) is 34.7 Å². The lowest BCUT2D eigenvalue weighted by molar-refractivity contribution is -0.145. The van der Waals surface area contributed by atoms with Crippen molar-refractivity contribution in [3.8, 4) is 0 Å². The van der Waals surface area contributed by atoms with E-state index in [4.69, 9.17) is 13.6 Å². The van der Waals surface area contributed by atoms with Gasteiger partial charge in [-0.25, -0.2) is 0 Å². The summed E-state index contributed by atoms with van der Waals surface area (Å²) in [5, 5.41) is 0.190. The van der Waals surface area contributed by atoms with Crippen molar-refractivity contribution in [2.75, 3.05) is 6.61 Å². The molecule has 0 rings (SSSR count). The normalized spacial score (nSPS) is 16.0. The lowest BCUT2D eigenvalue weighted by Crippen LogP contribution is -2.47. The Bertz CT molecular complexity index is 487. The van der Waals surface area contributed by atoms with Crippen LogP contribution in [0, 0.1) is 0 Å². The van der Waals surface area contributed by atoms with Crippen LogP contribution in [0.3, 0.4) is 0 Å². The van der Waals surface area contributed by atoms with Crippen molar-refractivity contribution < 1.29 is 18.4 Å². The molecule has 6 heteroatoms. The molecule has 0 aromatic rings. The van der Waals surface area contributed by atoms with Crippen LogP contribution < -0.4 is 0 Å². The topological polar surface area (TPSA) is 44.8 Å². The molecule has 0 spiro atoms. The molecule has 0 aromatic heterocycles. The van der Waals surface area contributed by atoms with Gasteiger partial charge in [-0.3, -0.25) is 4.79 Å². The van der Waals surface area contributed by atoms with E-state index in [0.717, 1.165) is 0 Å². The van der Waals surface area contributed by atoms with E-state index in [2.05, 4.69) is 74.3 Å². The number of hydrogen-bond donors (Lipinski definition) is 0. The summed E-state index contributed by atoms with van der Waals surface area (Å²) in [4.78, 5) is 12.2. The summed E-state index contributed by atoms with van der Waals surface area (Å²) in [7, 11) is -3.96. The minimum Gasteiger partial charge on any atom is -0.466 e. The highest BCUT2D eigenvalue weighted by Gasteiger charge is 2.42. The van der Waals surface area contributed by atoms with Crippen LogP contribution in [0.5, 0.6) is 0 Å². The van der Waals surface area contributed by atoms with Gasteiger partial charge >= 0.3 is 5.97 Å². The quantitative estimate of drug-likeness (QED) is 0.238. The van der Waals surface area contributed by atoms with Crippen LogP contribution in [-0.2, 0) is 18.4 Å². The average Bonchev–Trinajstić information content (AvgIpc) is 2.43. The number of ether oxygens (including phenoxy) is 1.